The summed E-state index contributed by atoms with van der Waals surface area (Å²) in [6, 6.07) is 1.42. The first-order valence-electron chi connectivity index (χ1n) is 7.36. The normalized spacial score (nSPS) is 15.9. The van der Waals surface area contributed by atoms with Gasteiger partial charge in [0.15, 0.2) is 0 Å². The third kappa shape index (κ3) is 2.66. The lowest BCUT2D eigenvalue weighted by atomic mass is 9.98. The van der Waals surface area contributed by atoms with E-state index in [9.17, 15) is 14.4 Å². The molecule has 3 rings (SSSR count). The van der Waals surface area contributed by atoms with Crippen molar-refractivity contribution in [3.8, 4) is 0 Å². The molecule has 2 aromatic heterocycles. The standard InChI is InChI=1S/C15H17N3O4/c1-18-12-11(13(19)17-15(18)21)7-9(8-16-12)14(20)22-10-5-3-2-4-6-10/h7-8,10H,2-6H2,1H3,(H,17,19,21). The number of pyridine rings is 1. The van der Waals surface area contributed by atoms with Crippen molar-refractivity contribution in [2.75, 3.05) is 0 Å². The maximum atomic E-state index is 12.2. The molecule has 1 fully saturated rings. The van der Waals surface area contributed by atoms with Gasteiger partial charge in [0.25, 0.3) is 5.56 Å². The molecule has 2 aromatic rings. The molecule has 7 nitrogen and oxygen atoms in total. The zero-order valence-electron chi connectivity index (χ0n) is 12.3. The molecule has 1 aliphatic carbocycles. The minimum atomic E-state index is -0.557. The molecule has 0 atom stereocenters. The Morgan fingerprint density at radius 3 is 2.77 bits per heavy atom. The summed E-state index contributed by atoms with van der Waals surface area (Å²) in [5.74, 6) is -0.477. The van der Waals surface area contributed by atoms with Gasteiger partial charge in [-0.2, -0.15) is 0 Å². The first-order valence-corrected chi connectivity index (χ1v) is 7.36. The lowest BCUT2D eigenvalue weighted by Crippen LogP contribution is -2.29. The Bertz CT molecular complexity index is 831. The Morgan fingerprint density at radius 1 is 1.32 bits per heavy atom. The van der Waals surface area contributed by atoms with Crippen LogP contribution >= 0.6 is 0 Å². The fourth-order valence-corrected chi connectivity index (χ4v) is 2.75. The fraction of sp³-hybridized carbons (Fsp3) is 0.467. The van der Waals surface area contributed by atoms with Crippen molar-refractivity contribution in [2.45, 2.75) is 38.2 Å². The lowest BCUT2D eigenvalue weighted by molar-refractivity contribution is 0.0211. The smallest absolute Gasteiger partial charge is 0.340 e. The zero-order valence-corrected chi connectivity index (χ0v) is 12.3. The minimum Gasteiger partial charge on any atom is -0.459 e. The molecular formula is C15H17N3O4. The van der Waals surface area contributed by atoms with Crippen LogP contribution in [0.1, 0.15) is 42.5 Å². The molecule has 0 unspecified atom stereocenters. The first kappa shape index (κ1) is 14.5. The molecule has 7 heteroatoms. The number of H-pyrrole nitrogens is 1. The van der Waals surface area contributed by atoms with Gasteiger partial charge in [0.05, 0.1) is 10.9 Å². The van der Waals surface area contributed by atoms with E-state index in [0.717, 1.165) is 25.7 Å². The molecule has 0 saturated heterocycles. The topological polar surface area (TPSA) is 94.1 Å². The van der Waals surface area contributed by atoms with Gasteiger partial charge in [0, 0.05) is 13.2 Å². The second kappa shape index (κ2) is 5.75. The van der Waals surface area contributed by atoms with Gasteiger partial charge in [0.1, 0.15) is 11.8 Å². The molecule has 0 spiro atoms. The zero-order chi connectivity index (χ0) is 15.7. The summed E-state index contributed by atoms with van der Waals surface area (Å²) in [6.45, 7) is 0. The Kier molecular flexibility index (Phi) is 3.79. The van der Waals surface area contributed by atoms with Crippen LogP contribution in [-0.4, -0.2) is 26.6 Å². The van der Waals surface area contributed by atoms with Crippen molar-refractivity contribution < 1.29 is 9.53 Å². The fourth-order valence-electron chi connectivity index (χ4n) is 2.75. The summed E-state index contributed by atoms with van der Waals surface area (Å²) in [6.07, 6.45) is 6.34. The Labute approximate surface area is 125 Å². The number of hydrogen-bond donors (Lipinski definition) is 1. The summed E-state index contributed by atoms with van der Waals surface area (Å²) in [7, 11) is 1.51. The van der Waals surface area contributed by atoms with Crippen LogP contribution in [0.5, 0.6) is 0 Å². The Morgan fingerprint density at radius 2 is 2.05 bits per heavy atom. The predicted octanol–water partition coefficient (Wildman–Crippen LogP) is 1.11. The summed E-state index contributed by atoms with van der Waals surface area (Å²) in [5, 5.41) is 0.195. The molecule has 0 aromatic carbocycles. The quantitative estimate of drug-likeness (QED) is 0.839. The number of ether oxygens (including phenoxy) is 1. The monoisotopic (exact) mass is 303 g/mol. The molecule has 1 N–H and O–H groups in total. The molecular weight excluding hydrogens is 286 g/mol. The predicted molar refractivity (Wildman–Crippen MR) is 79.9 cm³/mol. The van der Waals surface area contributed by atoms with E-state index >= 15 is 0 Å². The molecule has 22 heavy (non-hydrogen) atoms. The number of hydrogen-bond acceptors (Lipinski definition) is 5. The van der Waals surface area contributed by atoms with E-state index in [4.69, 9.17) is 4.74 Å². The van der Waals surface area contributed by atoms with Crippen LogP contribution in [0.4, 0.5) is 0 Å². The summed E-state index contributed by atoms with van der Waals surface area (Å²) in [4.78, 5) is 41.8. The van der Waals surface area contributed by atoms with Gasteiger partial charge < -0.3 is 4.74 Å². The van der Waals surface area contributed by atoms with Crippen LogP contribution in [0.25, 0.3) is 11.0 Å². The first-order chi connectivity index (χ1) is 10.6. The second-order valence-electron chi connectivity index (χ2n) is 5.58. The van der Waals surface area contributed by atoms with Crippen LogP contribution in [0, 0.1) is 0 Å². The van der Waals surface area contributed by atoms with Crippen molar-refractivity contribution in [1.82, 2.24) is 14.5 Å². The van der Waals surface area contributed by atoms with Crippen LogP contribution in [0.3, 0.4) is 0 Å². The highest BCUT2D eigenvalue weighted by atomic mass is 16.5. The maximum absolute atomic E-state index is 12.2. The molecule has 2 heterocycles. The van der Waals surface area contributed by atoms with Gasteiger partial charge in [-0.25, -0.2) is 14.6 Å². The van der Waals surface area contributed by atoms with Crippen LogP contribution in [0.2, 0.25) is 0 Å². The van der Waals surface area contributed by atoms with Gasteiger partial charge in [-0.1, -0.05) is 6.42 Å². The molecule has 0 amide bonds. The molecule has 1 aliphatic rings. The average molecular weight is 303 g/mol. The molecule has 1 saturated carbocycles. The number of aromatic amines is 1. The van der Waals surface area contributed by atoms with Crippen molar-refractivity contribution in [3.05, 3.63) is 38.7 Å². The van der Waals surface area contributed by atoms with Crippen molar-refractivity contribution >= 4 is 17.0 Å². The van der Waals surface area contributed by atoms with E-state index < -0.39 is 17.2 Å². The Hall–Kier alpha value is -2.44. The number of carbonyl (C=O) groups excluding carboxylic acids is 1. The second-order valence-corrected chi connectivity index (χ2v) is 5.58. The summed E-state index contributed by atoms with van der Waals surface area (Å²) in [5.41, 5.74) is -0.634. The highest BCUT2D eigenvalue weighted by molar-refractivity contribution is 5.92. The van der Waals surface area contributed by atoms with E-state index in [-0.39, 0.29) is 22.7 Å². The number of aryl methyl sites for hydroxylation is 1. The molecule has 0 radical (unpaired) electrons. The van der Waals surface area contributed by atoms with Gasteiger partial charge >= 0.3 is 11.7 Å². The highest BCUT2D eigenvalue weighted by Crippen LogP contribution is 2.21. The average Bonchev–Trinajstić information content (AvgIpc) is 2.53. The number of rotatable bonds is 2. The van der Waals surface area contributed by atoms with Crippen LogP contribution in [0.15, 0.2) is 21.9 Å². The van der Waals surface area contributed by atoms with E-state index in [1.54, 1.807) is 0 Å². The third-order valence-electron chi connectivity index (χ3n) is 4.02. The molecule has 116 valence electrons. The number of aromatic nitrogens is 3. The van der Waals surface area contributed by atoms with Crippen molar-refractivity contribution in [1.29, 1.82) is 0 Å². The van der Waals surface area contributed by atoms with E-state index in [2.05, 4.69) is 9.97 Å². The molecule has 0 aliphatic heterocycles. The van der Waals surface area contributed by atoms with Crippen LogP contribution in [-0.2, 0) is 11.8 Å². The number of nitrogens with one attached hydrogen (secondary N) is 1. The number of esters is 1. The van der Waals surface area contributed by atoms with Gasteiger partial charge in [-0.3, -0.25) is 14.3 Å². The number of carbonyl (C=O) groups is 1. The largest absolute Gasteiger partial charge is 0.459 e. The molecule has 0 bridgehead atoms. The lowest BCUT2D eigenvalue weighted by Gasteiger charge is -2.21. The maximum Gasteiger partial charge on any atom is 0.340 e. The van der Waals surface area contributed by atoms with E-state index in [1.165, 1.54) is 30.3 Å². The number of nitrogens with zero attached hydrogens (tertiary/aromatic N) is 2. The summed E-state index contributed by atoms with van der Waals surface area (Å²) < 4.78 is 6.69. The SMILES string of the molecule is Cn1c(=O)[nH]c(=O)c2cc(C(=O)OC3CCCCC3)cnc21. The summed E-state index contributed by atoms with van der Waals surface area (Å²) >= 11 is 0. The van der Waals surface area contributed by atoms with Gasteiger partial charge in [-0.05, 0) is 31.7 Å². The van der Waals surface area contributed by atoms with Gasteiger partial charge in [0.2, 0.25) is 0 Å². The number of fused-ring (bicyclic) bond motifs is 1. The van der Waals surface area contributed by atoms with E-state index in [1.807, 2.05) is 0 Å². The highest BCUT2D eigenvalue weighted by Gasteiger charge is 2.19. The van der Waals surface area contributed by atoms with Crippen LogP contribution < -0.4 is 11.2 Å². The van der Waals surface area contributed by atoms with Crippen molar-refractivity contribution in [2.24, 2.45) is 7.05 Å². The van der Waals surface area contributed by atoms with Crippen molar-refractivity contribution in [3.63, 3.8) is 0 Å². The Balaban J connectivity index is 1.93. The van der Waals surface area contributed by atoms with Gasteiger partial charge in [-0.15, -0.1) is 0 Å². The minimum absolute atomic E-state index is 0.0599. The third-order valence-corrected chi connectivity index (χ3v) is 4.02. The van der Waals surface area contributed by atoms with E-state index in [0.29, 0.717) is 0 Å².